The first-order chi connectivity index (χ1) is 7.85. The topological polar surface area (TPSA) is 50.9 Å². The van der Waals surface area contributed by atoms with Crippen molar-refractivity contribution in [2.24, 2.45) is 0 Å². The first-order valence-electron chi connectivity index (χ1n) is 5.23. The fourth-order valence-electron chi connectivity index (χ4n) is 1.46. The standard InChI is InChI=1S/C11H14ClN3OS/c1-7-9(12)14-10(17-7)8-4-13-15(5-8)6-11(2,3)16/h4-5,16H,6H2,1-3H3. The summed E-state index contributed by atoms with van der Waals surface area (Å²) in [4.78, 5) is 5.26. The lowest BCUT2D eigenvalue weighted by Gasteiger charge is -2.16. The fraction of sp³-hybridized carbons (Fsp3) is 0.455. The van der Waals surface area contributed by atoms with E-state index in [1.54, 1.807) is 24.7 Å². The van der Waals surface area contributed by atoms with Crippen molar-refractivity contribution >= 4 is 22.9 Å². The second-order valence-electron chi connectivity index (χ2n) is 4.61. The molecule has 6 heteroatoms. The van der Waals surface area contributed by atoms with E-state index in [0.29, 0.717) is 11.7 Å². The zero-order chi connectivity index (χ0) is 12.6. The van der Waals surface area contributed by atoms with Gasteiger partial charge in [-0.05, 0) is 20.8 Å². The number of hydrogen-bond acceptors (Lipinski definition) is 4. The van der Waals surface area contributed by atoms with Crippen LogP contribution in [0.2, 0.25) is 5.15 Å². The zero-order valence-electron chi connectivity index (χ0n) is 9.94. The molecule has 92 valence electrons. The molecule has 0 fully saturated rings. The van der Waals surface area contributed by atoms with Crippen LogP contribution < -0.4 is 0 Å². The first-order valence-corrected chi connectivity index (χ1v) is 6.43. The van der Waals surface area contributed by atoms with E-state index in [1.165, 1.54) is 11.3 Å². The van der Waals surface area contributed by atoms with Gasteiger partial charge in [0.25, 0.3) is 0 Å². The zero-order valence-corrected chi connectivity index (χ0v) is 11.5. The summed E-state index contributed by atoms with van der Waals surface area (Å²) in [5.74, 6) is 0. The van der Waals surface area contributed by atoms with Crippen LogP contribution in [-0.2, 0) is 6.54 Å². The third-order valence-electron chi connectivity index (χ3n) is 2.17. The van der Waals surface area contributed by atoms with Gasteiger partial charge in [0.05, 0.1) is 18.3 Å². The number of nitrogens with zero attached hydrogens (tertiary/aromatic N) is 3. The molecule has 0 amide bonds. The van der Waals surface area contributed by atoms with Crippen molar-refractivity contribution < 1.29 is 5.11 Å². The molecule has 2 rings (SSSR count). The molecule has 0 atom stereocenters. The maximum Gasteiger partial charge on any atom is 0.143 e. The highest BCUT2D eigenvalue weighted by Crippen LogP contribution is 2.29. The number of hydrogen-bond donors (Lipinski definition) is 1. The van der Waals surface area contributed by atoms with Crippen LogP contribution >= 0.6 is 22.9 Å². The second kappa shape index (κ2) is 4.40. The predicted molar refractivity (Wildman–Crippen MR) is 69.4 cm³/mol. The smallest absolute Gasteiger partial charge is 0.143 e. The summed E-state index contributed by atoms with van der Waals surface area (Å²) in [6.07, 6.45) is 3.60. The Kier molecular flexibility index (Phi) is 3.25. The van der Waals surface area contributed by atoms with Crippen molar-refractivity contribution in [1.29, 1.82) is 0 Å². The molecule has 0 aliphatic carbocycles. The summed E-state index contributed by atoms with van der Waals surface area (Å²) >= 11 is 7.46. The van der Waals surface area contributed by atoms with Gasteiger partial charge in [-0.1, -0.05) is 11.6 Å². The lowest BCUT2D eigenvalue weighted by atomic mass is 10.1. The first kappa shape index (κ1) is 12.5. The molecule has 0 radical (unpaired) electrons. The molecule has 0 saturated heterocycles. The van der Waals surface area contributed by atoms with Crippen LogP contribution in [0.4, 0.5) is 0 Å². The number of aliphatic hydroxyl groups is 1. The third kappa shape index (κ3) is 3.06. The normalized spacial score (nSPS) is 12.1. The minimum absolute atomic E-state index is 0.449. The number of aromatic nitrogens is 3. The highest BCUT2D eigenvalue weighted by atomic mass is 35.5. The largest absolute Gasteiger partial charge is 0.389 e. The van der Waals surface area contributed by atoms with Crippen molar-refractivity contribution in [3.8, 4) is 10.6 Å². The molecule has 1 N–H and O–H groups in total. The van der Waals surface area contributed by atoms with E-state index in [4.69, 9.17) is 11.6 Å². The van der Waals surface area contributed by atoms with Crippen LogP contribution in [0.1, 0.15) is 18.7 Å². The maximum atomic E-state index is 9.70. The average Bonchev–Trinajstić information content (AvgIpc) is 2.72. The number of halogens is 1. The Morgan fingerprint density at radius 2 is 2.24 bits per heavy atom. The summed E-state index contributed by atoms with van der Waals surface area (Å²) in [5, 5.41) is 15.3. The van der Waals surface area contributed by atoms with E-state index in [0.717, 1.165) is 15.4 Å². The highest BCUT2D eigenvalue weighted by molar-refractivity contribution is 7.15. The van der Waals surface area contributed by atoms with Gasteiger partial charge >= 0.3 is 0 Å². The van der Waals surface area contributed by atoms with Crippen LogP contribution in [0, 0.1) is 6.92 Å². The molecular weight excluding hydrogens is 258 g/mol. The van der Waals surface area contributed by atoms with Crippen molar-refractivity contribution in [3.63, 3.8) is 0 Å². The molecular formula is C11H14ClN3OS. The Bertz CT molecular complexity index is 508. The van der Waals surface area contributed by atoms with Gasteiger partial charge in [-0.3, -0.25) is 4.68 Å². The van der Waals surface area contributed by atoms with Crippen molar-refractivity contribution in [3.05, 3.63) is 22.4 Å². The Morgan fingerprint density at radius 3 is 2.76 bits per heavy atom. The van der Waals surface area contributed by atoms with Gasteiger partial charge in [0.2, 0.25) is 0 Å². The Labute approximate surface area is 109 Å². The van der Waals surface area contributed by atoms with Crippen LogP contribution in [0.15, 0.2) is 12.4 Å². The summed E-state index contributed by atoms with van der Waals surface area (Å²) in [5.41, 5.74) is 0.147. The molecule has 0 unspecified atom stereocenters. The molecule has 2 aromatic heterocycles. The quantitative estimate of drug-likeness (QED) is 0.934. The van der Waals surface area contributed by atoms with Gasteiger partial charge in [0.1, 0.15) is 10.2 Å². The van der Waals surface area contributed by atoms with Crippen molar-refractivity contribution in [2.75, 3.05) is 0 Å². The number of aryl methyl sites for hydroxylation is 1. The van der Waals surface area contributed by atoms with E-state index >= 15 is 0 Å². The Hall–Kier alpha value is -0.910. The van der Waals surface area contributed by atoms with E-state index in [-0.39, 0.29) is 0 Å². The second-order valence-corrected chi connectivity index (χ2v) is 6.17. The lowest BCUT2D eigenvalue weighted by molar-refractivity contribution is 0.0577. The van der Waals surface area contributed by atoms with Gasteiger partial charge in [0.15, 0.2) is 0 Å². The van der Waals surface area contributed by atoms with E-state index in [1.807, 2.05) is 13.1 Å². The molecule has 17 heavy (non-hydrogen) atoms. The van der Waals surface area contributed by atoms with E-state index < -0.39 is 5.60 Å². The molecule has 4 nitrogen and oxygen atoms in total. The summed E-state index contributed by atoms with van der Waals surface area (Å²) < 4.78 is 1.71. The van der Waals surface area contributed by atoms with E-state index in [9.17, 15) is 5.11 Å². The Morgan fingerprint density at radius 1 is 1.53 bits per heavy atom. The minimum Gasteiger partial charge on any atom is -0.389 e. The van der Waals surface area contributed by atoms with Gasteiger partial charge in [-0.15, -0.1) is 11.3 Å². The molecule has 0 bridgehead atoms. The lowest BCUT2D eigenvalue weighted by Crippen LogP contribution is -2.26. The third-order valence-corrected chi connectivity index (χ3v) is 3.67. The average molecular weight is 272 g/mol. The number of thiazole rings is 1. The maximum absolute atomic E-state index is 9.70. The van der Waals surface area contributed by atoms with Crippen molar-refractivity contribution in [1.82, 2.24) is 14.8 Å². The summed E-state index contributed by atoms with van der Waals surface area (Å²) in [6, 6.07) is 0. The fourth-order valence-corrected chi connectivity index (χ4v) is 2.49. The molecule has 0 aromatic carbocycles. The molecule has 0 aliphatic heterocycles. The Balaban J connectivity index is 2.24. The monoisotopic (exact) mass is 271 g/mol. The summed E-state index contributed by atoms with van der Waals surface area (Å²) in [7, 11) is 0. The van der Waals surface area contributed by atoms with Gasteiger partial charge < -0.3 is 5.11 Å². The minimum atomic E-state index is -0.778. The molecule has 0 saturated carbocycles. The van der Waals surface area contributed by atoms with Crippen LogP contribution in [0.25, 0.3) is 10.6 Å². The van der Waals surface area contributed by atoms with Crippen LogP contribution in [0.5, 0.6) is 0 Å². The van der Waals surface area contributed by atoms with Crippen LogP contribution in [-0.4, -0.2) is 25.5 Å². The summed E-state index contributed by atoms with van der Waals surface area (Å²) in [6.45, 7) is 5.88. The molecule has 2 heterocycles. The molecule has 0 aliphatic rings. The molecule has 0 spiro atoms. The van der Waals surface area contributed by atoms with Gasteiger partial charge in [-0.25, -0.2) is 4.98 Å². The van der Waals surface area contributed by atoms with Gasteiger partial charge in [-0.2, -0.15) is 5.10 Å². The highest BCUT2D eigenvalue weighted by Gasteiger charge is 2.15. The molecule has 2 aromatic rings. The predicted octanol–water partition coefficient (Wildman–Crippen LogP) is 2.74. The number of rotatable bonds is 3. The van der Waals surface area contributed by atoms with Gasteiger partial charge in [0, 0.05) is 16.6 Å². The SMILES string of the molecule is Cc1sc(-c2cnn(CC(C)(C)O)c2)nc1Cl. The van der Waals surface area contributed by atoms with Crippen molar-refractivity contribution in [2.45, 2.75) is 32.9 Å². The van der Waals surface area contributed by atoms with E-state index in [2.05, 4.69) is 10.1 Å². The van der Waals surface area contributed by atoms with Crippen LogP contribution in [0.3, 0.4) is 0 Å².